The molecule has 4 saturated heterocycles. The highest BCUT2D eigenvalue weighted by Crippen LogP contribution is 2.84. The van der Waals surface area contributed by atoms with Crippen molar-refractivity contribution in [3.05, 3.63) is 0 Å². The highest BCUT2D eigenvalue weighted by molar-refractivity contribution is 5.94. The van der Waals surface area contributed by atoms with Gasteiger partial charge in [-0.15, -0.1) is 0 Å². The maximum absolute atomic E-state index is 13.4. The standard InChI is InChI=1S/C20H24O11/c1-5-12(24)28-11-8(22)18-10-6(21)7(16(2,3)4)17(18)9(23)13(25)30-15(17)31-20(18,14(26)29-10)19(5,11)27/h5-11,15,21-23,27H,1-4H3/t5-,6-,7+,8?,9+,10-,11+,15+,17+,18?,19-,20+/m1/s1. The maximum atomic E-state index is 13.4. The Hall–Kier alpha value is -1.79. The second-order valence-electron chi connectivity index (χ2n) is 10.8. The molecule has 0 aromatic rings. The van der Waals surface area contributed by atoms with Crippen molar-refractivity contribution in [2.45, 2.75) is 75.7 Å². The molecule has 11 nitrogen and oxygen atoms in total. The van der Waals surface area contributed by atoms with Crippen molar-refractivity contribution in [1.82, 2.24) is 0 Å². The van der Waals surface area contributed by atoms with Crippen molar-refractivity contribution in [3.63, 3.8) is 0 Å². The molecule has 0 bridgehead atoms. The number of hydrogen-bond donors (Lipinski definition) is 4. The van der Waals surface area contributed by atoms with Gasteiger partial charge >= 0.3 is 17.9 Å². The van der Waals surface area contributed by atoms with Crippen LogP contribution in [-0.4, -0.2) is 86.3 Å². The average Bonchev–Trinajstić information content (AvgIpc) is 3.35. The number of esters is 3. The fraction of sp³-hybridized carbons (Fsp3) is 0.850. The third kappa shape index (κ3) is 1.43. The van der Waals surface area contributed by atoms with Gasteiger partial charge in [-0.05, 0) is 12.3 Å². The Morgan fingerprint density at radius 1 is 0.935 bits per heavy atom. The second-order valence-corrected chi connectivity index (χ2v) is 10.8. The van der Waals surface area contributed by atoms with Gasteiger partial charge in [0.1, 0.15) is 12.2 Å². The third-order valence-corrected chi connectivity index (χ3v) is 8.95. The van der Waals surface area contributed by atoms with Crippen LogP contribution < -0.4 is 0 Å². The molecule has 6 rings (SSSR count). The summed E-state index contributed by atoms with van der Waals surface area (Å²) in [7, 11) is 0. The molecule has 4 heterocycles. The van der Waals surface area contributed by atoms with Crippen molar-refractivity contribution in [3.8, 4) is 0 Å². The lowest BCUT2D eigenvalue weighted by Crippen LogP contribution is -2.67. The van der Waals surface area contributed by atoms with E-state index in [0.29, 0.717) is 0 Å². The second kappa shape index (κ2) is 4.91. The third-order valence-electron chi connectivity index (χ3n) is 8.95. The summed E-state index contributed by atoms with van der Waals surface area (Å²) in [6.07, 6.45) is -9.69. The quantitative estimate of drug-likeness (QED) is 0.234. The molecular formula is C20H24O11. The van der Waals surface area contributed by atoms with E-state index in [1.165, 1.54) is 6.92 Å². The fourth-order valence-electron chi connectivity index (χ4n) is 8.27. The van der Waals surface area contributed by atoms with Gasteiger partial charge in [0.2, 0.25) is 11.9 Å². The molecule has 2 aliphatic carbocycles. The van der Waals surface area contributed by atoms with E-state index in [2.05, 4.69) is 0 Å². The zero-order chi connectivity index (χ0) is 22.7. The van der Waals surface area contributed by atoms with Gasteiger partial charge < -0.3 is 39.4 Å². The Morgan fingerprint density at radius 2 is 1.58 bits per heavy atom. The molecule has 31 heavy (non-hydrogen) atoms. The minimum atomic E-state index is -2.40. The van der Waals surface area contributed by atoms with Crippen LogP contribution in [0.5, 0.6) is 0 Å². The maximum Gasteiger partial charge on any atom is 0.343 e. The lowest BCUT2D eigenvalue weighted by molar-refractivity contribution is -0.240. The zero-order valence-electron chi connectivity index (χ0n) is 17.3. The summed E-state index contributed by atoms with van der Waals surface area (Å²) in [6, 6.07) is 0. The number of carbonyl (C=O) groups is 3. The van der Waals surface area contributed by atoms with Gasteiger partial charge in [0, 0.05) is 5.92 Å². The van der Waals surface area contributed by atoms with E-state index in [-0.39, 0.29) is 0 Å². The summed E-state index contributed by atoms with van der Waals surface area (Å²) in [5.41, 5.74) is -9.40. The van der Waals surface area contributed by atoms with E-state index < -0.39 is 94.0 Å². The Kier molecular flexibility index (Phi) is 3.15. The highest BCUT2D eigenvalue weighted by atomic mass is 16.8. The van der Waals surface area contributed by atoms with Crippen LogP contribution in [0.15, 0.2) is 0 Å². The molecule has 2 saturated carbocycles. The molecular weight excluding hydrogens is 416 g/mol. The summed E-state index contributed by atoms with van der Waals surface area (Å²) in [6.45, 7) is 6.63. The SMILES string of the molecule is C[C@@H]1C(=O)O[C@H]2C(O)C34[C@@H]5OC(=O)[C@@]3(O[C@@H]3OC(=O)[C@H](O)[C@@]34[C@H](C(C)(C)C)[C@H]5O)[C@@]12O. The average molecular weight is 440 g/mol. The molecule has 11 heteroatoms. The lowest BCUT2D eigenvalue weighted by Gasteiger charge is -2.47. The molecule has 0 amide bonds. The first-order valence-electron chi connectivity index (χ1n) is 10.3. The minimum Gasteiger partial charge on any atom is -0.456 e. The molecule has 0 aromatic heterocycles. The predicted molar refractivity (Wildman–Crippen MR) is 93.4 cm³/mol. The van der Waals surface area contributed by atoms with Gasteiger partial charge in [-0.3, -0.25) is 4.79 Å². The van der Waals surface area contributed by atoms with Crippen LogP contribution in [0, 0.1) is 28.1 Å². The number of rotatable bonds is 0. The van der Waals surface area contributed by atoms with Gasteiger partial charge in [0.05, 0.1) is 22.9 Å². The molecule has 170 valence electrons. The summed E-state index contributed by atoms with van der Waals surface area (Å²) in [5.74, 6) is -5.22. The van der Waals surface area contributed by atoms with Crippen molar-refractivity contribution in [2.24, 2.45) is 28.1 Å². The zero-order valence-corrected chi connectivity index (χ0v) is 17.3. The highest BCUT2D eigenvalue weighted by Gasteiger charge is 3.05. The van der Waals surface area contributed by atoms with Crippen molar-refractivity contribution in [1.29, 1.82) is 0 Å². The van der Waals surface area contributed by atoms with Crippen LogP contribution in [0.1, 0.15) is 27.7 Å². The van der Waals surface area contributed by atoms with Crippen molar-refractivity contribution < 1.29 is 53.8 Å². The normalized spacial score (nSPS) is 61.0. The number of hydrogen-bond acceptors (Lipinski definition) is 11. The first kappa shape index (κ1) is 19.9. The van der Waals surface area contributed by atoms with Crippen LogP contribution in [0.3, 0.4) is 0 Å². The smallest absolute Gasteiger partial charge is 0.343 e. The fourth-order valence-corrected chi connectivity index (χ4v) is 8.27. The van der Waals surface area contributed by atoms with E-state index in [1.807, 2.05) is 0 Å². The molecule has 2 spiro atoms. The molecule has 6 aliphatic rings. The summed E-state index contributed by atoms with van der Waals surface area (Å²) in [4.78, 5) is 38.3. The Bertz CT molecular complexity index is 957. The molecule has 4 N–H and O–H groups in total. The van der Waals surface area contributed by atoms with E-state index in [1.54, 1.807) is 20.8 Å². The number of carbonyl (C=O) groups excluding carboxylic acids is 3. The van der Waals surface area contributed by atoms with Gasteiger partial charge in [0.15, 0.2) is 17.8 Å². The first-order chi connectivity index (χ1) is 14.3. The largest absolute Gasteiger partial charge is 0.456 e. The van der Waals surface area contributed by atoms with Crippen LogP contribution in [-0.2, 0) is 33.3 Å². The van der Waals surface area contributed by atoms with Gasteiger partial charge in [-0.25, -0.2) is 9.59 Å². The number of aliphatic hydroxyl groups excluding tert-OH is 3. The van der Waals surface area contributed by atoms with Gasteiger partial charge in [0.25, 0.3) is 0 Å². The topological polar surface area (TPSA) is 169 Å². The molecule has 0 aromatic carbocycles. The monoisotopic (exact) mass is 440 g/mol. The Labute approximate surface area is 176 Å². The molecule has 4 aliphatic heterocycles. The minimum absolute atomic E-state index is 0.792. The van der Waals surface area contributed by atoms with Crippen LogP contribution in [0.4, 0.5) is 0 Å². The van der Waals surface area contributed by atoms with Crippen LogP contribution in [0.2, 0.25) is 0 Å². The summed E-state index contributed by atoms with van der Waals surface area (Å²) >= 11 is 0. The molecule has 0 radical (unpaired) electrons. The Balaban J connectivity index is 1.75. The Morgan fingerprint density at radius 3 is 2.19 bits per heavy atom. The summed E-state index contributed by atoms with van der Waals surface area (Å²) < 4.78 is 22.2. The molecule has 2 unspecified atom stereocenters. The van der Waals surface area contributed by atoms with E-state index in [4.69, 9.17) is 18.9 Å². The lowest BCUT2D eigenvalue weighted by atomic mass is 9.51. The van der Waals surface area contributed by atoms with E-state index >= 15 is 0 Å². The molecule has 6 fully saturated rings. The number of fused-ring (bicyclic) bond motifs is 1. The van der Waals surface area contributed by atoms with Gasteiger partial charge in [-0.1, -0.05) is 20.8 Å². The van der Waals surface area contributed by atoms with E-state index in [0.717, 1.165) is 0 Å². The molecule has 12 atom stereocenters. The van der Waals surface area contributed by atoms with Crippen LogP contribution in [0.25, 0.3) is 0 Å². The van der Waals surface area contributed by atoms with Crippen LogP contribution >= 0.6 is 0 Å². The van der Waals surface area contributed by atoms with Crippen molar-refractivity contribution in [2.75, 3.05) is 0 Å². The first-order valence-corrected chi connectivity index (χ1v) is 10.3. The predicted octanol–water partition coefficient (Wildman–Crippen LogP) is -2.40. The number of ether oxygens (including phenoxy) is 4. The van der Waals surface area contributed by atoms with Crippen molar-refractivity contribution >= 4 is 17.9 Å². The number of aliphatic hydroxyl groups is 4. The van der Waals surface area contributed by atoms with E-state index in [9.17, 15) is 34.8 Å². The summed E-state index contributed by atoms with van der Waals surface area (Å²) in [5, 5.41) is 46.1. The van der Waals surface area contributed by atoms with Gasteiger partial charge in [-0.2, -0.15) is 0 Å².